The first-order chi connectivity index (χ1) is 21.4. The second kappa shape index (κ2) is 15.4. The summed E-state index contributed by atoms with van der Waals surface area (Å²) in [6.07, 6.45) is -0.320. The molecule has 4 aromatic rings. The molecule has 3 unspecified atom stereocenters. The average Bonchev–Trinajstić information content (AvgIpc) is 3.82. The van der Waals surface area contributed by atoms with E-state index in [1.807, 2.05) is 54.6 Å². The zero-order chi connectivity index (χ0) is 30.7. The summed E-state index contributed by atoms with van der Waals surface area (Å²) in [5.41, 5.74) is 2.71. The number of hydrogen-bond acceptors (Lipinski definition) is 6. The van der Waals surface area contributed by atoms with Crippen molar-refractivity contribution < 1.29 is 27.8 Å². The quantitative estimate of drug-likeness (QED) is 0.168. The molecule has 244 valence electrons. The molecule has 4 aromatic carbocycles. The van der Waals surface area contributed by atoms with E-state index in [0.29, 0.717) is 38.3 Å². The predicted molar refractivity (Wildman–Crippen MR) is 178 cm³/mol. The van der Waals surface area contributed by atoms with Gasteiger partial charge in [-0.25, -0.2) is 8.78 Å². The van der Waals surface area contributed by atoms with Gasteiger partial charge in [0.1, 0.15) is 22.8 Å². The van der Waals surface area contributed by atoms with Gasteiger partial charge in [0.15, 0.2) is 6.23 Å². The Balaban J connectivity index is 0.00000240. The number of carbonyl (C=O) groups is 1. The van der Waals surface area contributed by atoms with Crippen LogP contribution in [0.2, 0.25) is 0 Å². The van der Waals surface area contributed by atoms with Crippen molar-refractivity contribution in [3.8, 4) is 5.75 Å². The average molecular weight is 672 g/mol. The van der Waals surface area contributed by atoms with Gasteiger partial charge in [0.2, 0.25) is 0 Å². The number of ether oxygens (including phenoxy) is 3. The lowest BCUT2D eigenvalue weighted by Gasteiger charge is -2.42. The molecule has 1 aliphatic carbocycles. The van der Waals surface area contributed by atoms with Crippen LogP contribution in [0.15, 0.2) is 103 Å². The predicted octanol–water partition coefficient (Wildman–Crippen LogP) is 7.12. The molecule has 0 radical (unpaired) electrons. The number of benzene rings is 4. The molecule has 46 heavy (non-hydrogen) atoms. The minimum atomic E-state index is -0.883. The Morgan fingerprint density at radius 1 is 0.717 bits per heavy atom. The Morgan fingerprint density at radius 3 is 1.72 bits per heavy atom. The van der Waals surface area contributed by atoms with Crippen molar-refractivity contribution in [1.29, 1.82) is 0 Å². The second-order valence-corrected chi connectivity index (χ2v) is 11.4. The molecule has 1 saturated heterocycles. The molecule has 0 aromatic heterocycles. The van der Waals surface area contributed by atoms with E-state index in [9.17, 15) is 13.6 Å². The third-order valence-corrected chi connectivity index (χ3v) is 8.87. The van der Waals surface area contributed by atoms with Crippen molar-refractivity contribution in [2.24, 2.45) is 0 Å². The van der Waals surface area contributed by atoms with Crippen molar-refractivity contribution in [3.05, 3.63) is 137 Å². The van der Waals surface area contributed by atoms with Gasteiger partial charge in [-0.2, -0.15) is 0 Å². The summed E-state index contributed by atoms with van der Waals surface area (Å²) in [6, 6.07) is 30.1. The number of carbonyl (C=O) groups excluding carboxylic acids is 1. The molecule has 1 aliphatic heterocycles. The van der Waals surface area contributed by atoms with Gasteiger partial charge in [-0.15, -0.1) is 24.8 Å². The maximum absolute atomic E-state index is 14.0. The van der Waals surface area contributed by atoms with Crippen LogP contribution < -0.4 is 4.74 Å². The first kappa shape index (κ1) is 35.3. The lowest BCUT2D eigenvalue weighted by atomic mass is 9.95. The molecular weight excluding hydrogens is 633 g/mol. The molecule has 0 bridgehead atoms. The van der Waals surface area contributed by atoms with Crippen molar-refractivity contribution in [1.82, 2.24) is 9.80 Å². The topological polar surface area (TPSA) is 51.2 Å². The summed E-state index contributed by atoms with van der Waals surface area (Å²) < 4.78 is 45.0. The van der Waals surface area contributed by atoms with Crippen LogP contribution in [0.5, 0.6) is 5.75 Å². The molecule has 3 atom stereocenters. The summed E-state index contributed by atoms with van der Waals surface area (Å²) in [7, 11) is 3.23. The Bertz CT molecular complexity index is 1510. The molecule has 0 N–H and O–H groups in total. The molecule has 1 saturated carbocycles. The van der Waals surface area contributed by atoms with Crippen LogP contribution in [0, 0.1) is 11.6 Å². The Morgan fingerprint density at radius 2 is 1.24 bits per heavy atom. The van der Waals surface area contributed by atoms with E-state index in [2.05, 4.69) is 9.80 Å². The lowest BCUT2D eigenvalue weighted by Crippen LogP contribution is -2.50. The van der Waals surface area contributed by atoms with Gasteiger partial charge in [-0.05, 0) is 59.5 Å². The fraction of sp³-hybridized carbons (Fsp3) is 0.306. The summed E-state index contributed by atoms with van der Waals surface area (Å²) in [5.74, 6) is -0.210. The van der Waals surface area contributed by atoms with E-state index in [1.54, 1.807) is 38.5 Å². The second-order valence-electron chi connectivity index (χ2n) is 11.4. The Hall–Kier alpha value is -3.53. The fourth-order valence-corrected chi connectivity index (χ4v) is 6.35. The Kier molecular flexibility index (Phi) is 11.8. The highest BCUT2D eigenvalue weighted by Crippen LogP contribution is 2.52. The van der Waals surface area contributed by atoms with Gasteiger partial charge in [0, 0.05) is 38.9 Å². The lowest BCUT2D eigenvalue weighted by molar-refractivity contribution is -0.167. The van der Waals surface area contributed by atoms with E-state index in [-0.39, 0.29) is 54.6 Å². The molecular formula is C36H38Cl2F2N2O4. The van der Waals surface area contributed by atoms with Crippen LogP contribution in [-0.4, -0.2) is 62.3 Å². The zero-order valence-corrected chi connectivity index (χ0v) is 27.3. The van der Waals surface area contributed by atoms with Crippen LogP contribution in [0.3, 0.4) is 0 Å². The van der Waals surface area contributed by atoms with Gasteiger partial charge >= 0.3 is 5.97 Å². The van der Waals surface area contributed by atoms with Gasteiger partial charge in [0.05, 0.1) is 19.3 Å². The van der Waals surface area contributed by atoms with Crippen molar-refractivity contribution in [2.45, 2.75) is 30.2 Å². The largest absolute Gasteiger partial charge is 0.497 e. The molecule has 2 fully saturated rings. The minimum Gasteiger partial charge on any atom is -0.497 e. The van der Waals surface area contributed by atoms with Crippen molar-refractivity contribution in [2.75, 3.05) is 40.4 Å². The van der Waals surface area contributed by atoms with Crippen LogP contribution in [0.4, 0.5) is 8.78 Å². The van der Waals surface area contributed by atoms with E-state index >= 15 is 0 Å². The van der Waals surface area contributed by atoms with E-state index in [1.165, 1.54) is 24.3 Å². The summed E-state index contributed by atoms with van der Waals surface area (Å²) >= 11 is 0. The minimum absolute atomic E-state index is 0. The zero-order valence-electron chi connectivity index (χ0n) is 25.7. The monoisotopic (exact) mass is 670 g/mol. The van der Waals surface area contributed by atoms with Crippen LogP contribution >= 0.6 is 24.8 Å². The molecule has 1 heterocycles. The molecule has 6 nitrogen and oxygen atoms in total. The van der Waals surface area contributed by atoms with Crippen LogP contribution in [0.1, 0.15) is 40.9 Å². The number of halogens is 4. The van der Waals surface area contributed by atoms with Crippen molar-refractivity contribution in [3.63, 3.8) is 0 Å². The molecule has 0 amide bonds. The third kappa shape index (κ3) is 7.22. The highest BCUT2D eigenvalue weighted by atomic mass is 35.5. The molecule has 10 heteroatoms. The standard InChI is InChI=1S/C36H36F2N2O4.2ClH/c1-42-31-18-12-28(13-19-31)36(24-32(36)43-2)35(41)44-34(27-6-4-3-5-7-27)40-22-20-39(21-23-40)33(25-8-14-29(37)15-9-25)26-10-16-30(38)17-11-26;;/h3-19,32-34H,20-24H2,1-2H3;2*1H. The normalized spacial score (nSPS) is 20.2. The molecule has 0 spiro atoms. The highest BCUT2D eigenvalue weighted by Gasteiger charge is 2.64. The number of piperazine rings is 1. The molecule has 2 aliphatic rings. The third-order valence-electron chi connectivity index (χ3n) is 8.87. The van der Waals surface area contributed by atoms with Gasteiger partial charge in [-0.3, -0.25) is 14.6 Å². The first-order valence-corrected chi connectivity index (χ1v) is 14.9. The number of rotatable bonds is 10. The number of hydrogen-bond donors (Lipinski definition) is 0. The van der Waals surface area contributed by atoms with Gasteiger partial charge in [0.25, 0.3) is 0 Å². The van der Waals surface area contributed by atoms with E-state index in [4.69, 9.17) is 14.2 Å². The van der Waals surface area contributed by atoms with E-state index in [0.717, 1.165) is 22.3 Å². The number of methoxy groups -OCH3 is 2. The summed E-state index contributed by atoms with van der Waals surface area (Å²) in [5, 5.41) is 0. The smallest absolute Gasteiger partial charge is 0.321 e. The maximum atomic E-state index is 14.0. The summed E-state index contributed by atoms with van der Waals surface area (Å²) in [6.45, 7) is 2.55. The van der Waals surface area contributed by atoms with Crippen LogP contribution in [0.25, 0.3) is 0 Å². The number of nitrogens with zero attached hydrogens (tertiary/aromatic N) is 2. The van der Waals surface area contributed by atoms with E-state index < -0.39 is 11.6 Å². The Labute approximate surface area is 281 Å². The van der Waals surface area contributed by atoms with Gasteiger partial charge in [-0.1, -0.05) is 66.7 Å². The van der Waals surface area contributed by atoms with Gasteiger partial charge < -0.3 is 14.2 Å². The number of esters is 1. The first-order valence-electron chi connectivity index (χ1n) is 14.9. The fourth-order valence-electron chi connectivity index (χ4n) is 6.35. The SMILES string of the molecule is COc1ccc(C2(C(=O)OC(c3ccccc3)N3CCN(C(c4ccc(F)cc4)c4ccc(F)cc4)CC3)CC2OC)cc1.Cl.Cl. The van der Waals surface area contributed by atoms with Crippen molar-refractivity contribution >= 4 is 30.8 Å². The maximum Gasteiger partial charge on any atom is 0.321 e. The molecule has 6 rings (SSSR count). The highest BCUT2D eigenvalue weighted by molar-refractivity contribution is 5.88. The van der Waals surface area contributed by atoms with Crippen LogP contribution in [-0.2, 0) is 19.7 Å². The summed E-state index contributed by atoms with van der Waals surface area (Å²) in [4.78, 5) is 18.5.